The van der Waals surface area contributed by atoms with E-state index in [1.165, 1.54) is 16.0 Å². The fraction of sp³-hybridized carbons (Fsp3) is 0.133. The third kappa shape index (κ3) is 3.15. The Hall–Kier alpha value is -3.07. The van der Waals surface area contributed by atoms with E-state index in [4.69, 9.17) is 0 Å². The van der Waals surface area contributed by atoms with Crippen LogP contribution in [0.25, 0.3) is 0 Å². The van der Waals surface area contributed by atoms with Gasteiger partial charge in [0.2, 0.25) is 0 Å². The van der Waals surface area contributed by atoms with E-state index in [1.54, 1.807) is 26.0 Å². The molecule has 2 aromatic rings. The number of thiophene rings is 1. The number of rotatable bonds is 2. The lowest BCUT2D eigenvalue weighted by Crippen LogP contribution is -2.26. The second-order valence-corrected chi connectivity index (χ2v) is 5.98. The summed E-state index contributed by atoms with van der Waals surface area (Å²) in [6.45, 7) is 7.06. The predicted molar refractivity (Wildman–Crippen MR) is 94.0 cm³/mol. The van der Waals surface area contributed by atoms with Crippen molar-refractivity contribution in [1.29, 1.82) is 0 Å². The summed E-state index contributed by atoms with van der Waals surface area (Å²) in [6, 6.07) is 4.86. The number of carbonyl (C=O) groups is 2. The van der Waals surface area contributed by atoms with Gasteiger partial charge in [0.1, 0.15) is 5.82 Å². The van der Waals surface area contributed by atoms with Gasteiger partial charge in [-0.15, -0.1) is 11.3 Å². The van der Waals surface area contributed by atoms with Gasteiger partial charge in [-0.2, -0.15) is 14.8 Å². The summed E-state index contributed by atoms with van der Waals surface area (Å²) in [5, 5.41) is 12.2. The number of carbonyl (C=O) groups excluding carboxylic acids is 2. The maximum atomic E-state index is 12.1. The van der Waals surface area contributed by atoms with Crippen LogP contribution in [0.2, 0.25) is 0 Å². The summed E-state index contributed by atoms with van der Waals surface area (Å²) in [4.78, 5) is 32.0. The van der Waals surface area contributed by atoms with E-state index >= 15 is 0 Å². The van der Waals surface area contributed by atoms with Crippen LogP contribution in [0.5, 0.6) is 0 Å². The summed E-state index contributed by atoms with van der Waals surface area (Å²) in [5.74, 6) is -0.0266. The van der Waals surface area contributed by atoms with Crippen LogP contribution < -0.4 is 10.6 Å². The molecule has 2 N–H and O–H groups in total. The van der Waals surface area contributed by atoms with Gasteiger partial charge >= 0.3 is 6.03 Å². The first-order valence-corrected chi connectivity index (χ1v) is 7.88. The minimum atomic E-state index is -0.473. The number of anilines is 2. The molecule has 3 rings (SSSR count). The molecule has 0 spiro atoms. The molecular formula is C15H14N6O2S. The molecule has 0 unspecified atom stereocenters. The predicted octanol–water partition coefficient (Wildman–Crippen LogP) is 2.66. The summed E-state index contributed by atoms with van der Waals surface area (Å²) < 4.78 is 1.32. The van der Waals surface area contributed by atoms with Crippen molar-refractivity contribution in [1.82, 2.24) is 9.78 Å². The Balaban J connectivity index is 1.86. The van der Waals surface area contributed by atoms with Crippen LogP contribution in [0, 0.1) is 6.92 Å². The second-order valence-electron chi connectivity index (χ2n) is 5.03. The molecule has 0 aromatic carbocycles. The summed E-state index contributed by atoms with van der Waals surface area (Å²) in [5.41, 5.74) is 1.36. The fourth-order valence-electron chi connectivity index (χ4n) is 2.00. The highest BCUT2D eigenvalue weighted by atomic mass is 32.1. The van der Waals surface area contributed by atoms with E-state index in [0.717, 1.165) is 0 Å². The van der Waals surface area contributed by atoms with Crippen LogP contribution in [-0.4, -0.2) is 33.4 Å². The molecule has 2 aromatic heterocycles. The number of aliphatic imine (C=N–C) groups is 2. The third-order valence-corrected chi connectivity index (χ3v) is 3.97. The minimum absolute atomic E-state index is 0.0874. The van der Waals surface area contributed by atoms with E-state index in [2.05, 4.69) is 32.3 Å². The van der Waals surface area contributed by atoms with Crippen LogP contribution >= 0.6 is 11.3 Å². The average Bonchev–Trinajstić information content (AvgIpc) is 3.14. The second kappa shape index (κ2) is 6.20. The highest BCUT2D eigenvalue weighted by molar-refractivity contribution is 7.14. The topological polar surface area (TPSA) is 101 Å². The molecule has 9 heteroatoms. The van der Waals surface area contributed by atoms with Crippen molar-refractivity contribution >= 4 is 45.8 Å². The highest BCUT2D eigenvalue weighted by Crippen LogP contribution is 2.17. The molecule has 0 aliphatic carbocycles. The fourth-order valence-corrected chi connectivity index (χ4v) is 2.61. The van der Waals surface area contributed by atoms with E-state index < -0.39 is 11.9 Å². The van der Waals surface area contributed by atoms with Gasteiger partial charge in [0.25, 0.3) is 11.9 Å². The van der Waals surface area contributed by atoms with Gasteiger partial charge in [0.05, 0.1) is 22.0 Å². The minimum Gasteiger partial charge on any atom is -0.299 e. The Morgan fingerprint density at radius 3 is 2.75 bits per heavy atom. The molecular weight excluding hydrogens is 328 g/mol. The number of nitrogens with zero attached hydrogens (tertiary/aromatic N) is 4. The lowest BCUT2D eigenvalue weighted by Gasteiger charge is -2.12. The standard InChI is InChI=1S/C15H14N6O2S/c1-8-7-11(17-15(23)18-12-5-4-6-24-12)21(20-8)14-16-10(3)9(2)13(22)19-14/h4-7H,2H2,1,3H3,(H2,17,18,23). The molecule has 3 amide bonds. The van der Waals surface area contributed by atoms with Crippen molar-refractivity contribution in [2.24, 2.45) is 9.98 Å². The molecule has 122 valence electrons. The highest BCUT2D eigenvalue weighted by Gasteiger charge is 2.21. The van der Waals surface area contributed by atoms with Gasteiger partial charge in [0.15, 0.2) is 0 Å². The molecule has 0 saturated carbocycles. The maximum Gasteiger partial charge on any atom is 0.325 e. The van der Waals surface area contributed by atoms with Crippen molar-refractivity contribution in [2.45, 2.75) is 13.8 Å². The summed E-state index contributed by atoms with van der Waals surface area (Å²) in [7, 11) is 0. The van der Waals surface area contributed by atoms with E-state index in [9.17, 15) is 9.59 Å². The van der Waals surface area contributed by atoms with Crippen molar-refractivity contribution in [2.75, 3.05) is 10.6 Å². The lowest BCUT2D eigenvalue weighted by atomic mass is 10.2. The van der Waals surface area contributed by atoms with E-state index in [1.807, 2.05) is 11.4 Å². The molecule has 0 radical (unpaired) electrons. The zero-order chi connectivity index (χ0) is 17.3. The Bertz CT molecular complexity index is 891. The molecule has 1 aliphatic heterocycles. The summed E-state index contributed by atoms with van der Waals surface area (Å²) >= 11 is 1.41. The van der Waals surface area contributed by atoms with Crippen molar-refractivity contribution < 1.29 is 9.59 Å². The number of aryl methyl sites for hydroxylation is 1. The molecule has 0 bridgehead atoms. The molecule has 3 heterocycles. The quantitative estimate of drug-likeness (QED) is 0.820. The number of urea groups is 1. The molecule has 24 heavy (non-hydrogen) atoms. The molecule has 0 fully saturated rings. The van der Waals surface area contributed by atoms with Crippen molar-refractivity contribution in [3.05, 3.63) is 41.4 Å². The molecule has 1 aliphatic rings. The molecule has 0 saturated heterocycles. The Kier molecular flexibility index (Phi) is 4.09. The lowest BCUT2D eigenvalue weighted by molar-refractivity contribution is -0.113. The van der Waals surface area contributed by atoms with Gasteiger partial charge in [-0.25, -0.2) is 9.79 Å². The van der Waals surface area contributed by atoms with Gasteiger partial charge in [-0.3, -0.25) is 15.4 Å². The monoisotopic (exact) mass is 342 g/mol. The Labute approximate surface area is 141 Å². The van der Waals surface area contributed by atoms with Crippen LogP contribution in [-0.2, 0) is 4.79 Å². The number of nitrogens with one attached hydrogen (secondary N) is 2. The summed E-state index contributed by atoms with van der Waals surface area (Å²) in [6.07, 6.45) is 0. The largest absolute Gasteiger partial charge is 0.325 e. The molecule has 8 nitrogen and oxygen atoms in total. The zero-order valence-corrected chi connectivity index (χ0v) is 13.8. The Morgan fingerprint density at radius 1 is 1.29 bits per heavy atom. The molecule has 0 atom stereocenters. The van der Waals surface area contributed by atoms with Crippen LogP contribution in [0.3, 0.4) is 0 Å². The number of hydrogen-bond donors (Lipinski definition) is 2. The number of hydrogen-bond acceptors (Lipinski definition) is 5. The maximum absolute atomic E-state index is 12.1. The first-order chi connectivity index (χ1) is 11.4. The normalized spacial score (nSPS) is 14.2. The average molecular weight is 342 g/mol. The van der Waals surface area contributed by atoms with Gasteiger partial charge in [0, 0.05) is 6.07 Å². The van der Waals surface area contributed by atoms with Crippen LogP contribution in [0.1, 0.15) is 12.6 Å². The first-order valence-electron chi connectivity index (χ1n) is 7.00. The van der Waals surface area contributed by atoms with Crippen LogP contribution in [0.4, 0.5) is 15.6 Å². The SMILES string of the molecule is C=C1C(=O)N=C(n2nc(C)cc2NC(=O)Nc2cccs2)N=C1C. The van der Waals surface area contributed by atoms with Gasteiger partial charge < -0.3 is 0 Å². The van der Waals surface area contributed by atoms with Crippen LogP contribution in [0.15, 0.2) is 45.7 Å². The van der Waals surface area contributed by atoms with Crippen molar-refractivity contribution in [3.63, 3.8) is 0 Å². The zero-order valence-electron chi connectivity index (χ0n) is 13.0. The number of aromatic nitrogens is 2. The number of amides is 3. The van der Waals surface area contributed by atoms with Gasteiger partial charge in [-0.05, 0) is 31.4 Å². The van der Waals surface area contributed by atoms with E-state index in [0.29, 0.717) is 22.2 Å². The smallest absolute Gasteiger partial charge is 0.299 e. The third-order valence-electron chi connectivity index (χ3n) is 3.18. The first kappa shape index (κ1) is 15.8. The van der Waals surface area contributed by atoms with Gasteiger partial charge in [-0.1, -0.05) is 6.58 Å². The Morgan fingerprint density at radius 2 is 2.08 bits per heavy atom. The van der Waals surface area contributed by atoms with Crippen molar-refractivity contribution in [3.8, 4) is 0 Å². The van der Waals surface area contributed by atoms with E-state index in [-0.39, 0.29) is 11.5 Å².